The Hall–Kier alpha value is -2.51. The largest absolute Gasteiger partial charge is 0.321 e. The normalized spacial score (nSPS) is 12.0. The molecule has 1 amide bonds. The predicted molar refractivity (Wildman–Crippen MR) is 103 cm³/mol. The van der Waals surface area contributed by atoms with Crippen molar-refractivity contribution in [2.75, 3.05) is 11.6 Å². The topological polar surface area (TPSA) is 76.9 Å². The van der Waals surface area contributed by atoms with Gasteiger partial charge in [-0.15, -0.1) is 5.10 Å². The lowest BCUT2D eigenvalue weighted by atomic mass is 10.2. The van der Waals surface area contributed by atoms with E-state index >= 15 is 0 Å². The molecule has 1 N–H and O–H groups in total. The van der Waals surface area contributed by atoms with Gasteiger partial charge in [0, 0.05) is 28.5 Å². The second-order valence-corrected chi connectivity index (χ2v) is 7.60. The Balaban J connectivity index is 1.84. The van der Waals surface area contributed by atoms with Crippen molar-refractivity contribution in [2.45, 2.75) is 12.7 Å². The molecule has 3 aromatic rings. The van der Waals surface area contributed by atoms with Gasteiger partial charge in [0.15, 0.2) is 5.69 Å². The van der Waals surface area contributed by atoms with Gasteiger partial charge in [-0.05, 0) is 36.8 Å². The molecule has 1 aromatic heterocycles. The zero-order valence-electron chi connectivity index (χ0n) is 14.3. The smallest absolute Gasteiger partial charge is 0.278 e. The van der Waals surface area contributed by atoms with Crippen LogP contribution in [0.1, 0.15) is 21.7 Å². The van der Waals surface area contributed by atoms with Crippen molar-refractivity contribution in [1.82, 2.24) is 15.0 Å². The van der Waals surface area contributed by atoms with Crippen LogP contribution in [0.3, 0.4) is 0 Å². The first-order chi connectivity index (χ1) is 12.5. The van der Waals surface area contributed by atoms with E-state index in [0.29, 0.717) is 27.8 Å². The number of aromatic nitrogens is 3. The highest BCUT2D eigenvalue weighted by Gasteiger charge is 2.18. The van der Waals surface area contributed by atoms with E-state index in [1.807, 2.05) is 24.3 Å². The minimum atomic E-state index is -0.948. The molecular weight excluding hydrogens is 372 g/mol. The number of anilines is 1. The summed E-state index contributed by atoms with van der Waals surface area (Å²) in [7, 11) is -0.948. The van der Waals surface area contributed by atoms with E-state index in [2.05, 4.69) is 15.6 Å². The molecule has 134 valence electrons. The van der Waals surface area contributed by atoms with E-state index in [9.17, 15) is 9.00 Å². The van der Waals surface area contributed by atoms with E-state index in [0.717, 1.165) is 5.56 Å². The van der Waals surface area contributed by atoms with Crippen LogP contribution in [0.2, 0.25) is 5.02 Å². The Labute approximate surface area is 158 Å². The number of carbonyl (C=O) groups excluding carboxylic acids is 1. The molecular formula is C18H17ClN4O2S. The molecule has 26 heavy (non-hydrogen) atoms. The Morgan fingerprint density at radius 3 is 2.73 bits per heavy atom. The minimum absolute atomic E-state index is 0.217. The zero-order chi connectivity index (χ0) is 18.7. The molecule has 0 aliphatic rings. The maximum atomic E-state index is 12.6. The van der Waals surface area contributed by atoms with Crippen molar-refractivity contribution >= 4 is 34.0 Å². The standard InChI is InChI=1S/C18H17ClN4O2S/c1-12-17(21-22-23(12)16-9-4-3-8-15(16)19)18(24)20-14-7-5-6-13(10-14)11-26(2)25/h3-10H,11H2,1-2H3,(H,20,24). The number of hydrogen-bond acceptors (Lipinski definition) is 4. The molecule has 2 aromatic carbocycles. The molecule has 1 unspecified atom stereocenters. The van der Waals surface area contributed by atoms with E-state index < -0.39 is 10.8 Å². The van der Waals surface area contributed by atoms with Gasteiger partial charge in [-0.3, -0.25) is 9.00 Å². The van der Waals surface area contributed by atoms with Crippen molar-refractivity contribution in [3.05, 3.63) is 70.5 Å². The molecule has 0 aliphatic heterocycles. The van der Waals surface area contributed by atoms with Crippen LogP contribution in [0.25, 0.3) is 5.69 Å². The maximum absolute atomic E-state index is 12.6. The molecule has 0 bridgehead atoms. The third-order valence-corrected chi connectivity index (χ3v) is 4.80. The van der Waals surface area contributed by atoms with E-state index in [1.165, 1.54) is 4.68 Å². The van der Waals surface area contributed by atoms with Crippen molar-refractivity contribution < 1.29 is 9.00 Å². The molecule has 8 heteroatoms. The fourth-order valence-corrected chi connectivity index (χ4v) is 3.42. The molecule has 0 saturated carbocycles. The van der Waals surface area contributed by atoms with E-state index in [1.54, 1.807) is 37.4 Å². The number of nitrogens with zero attached hydrogens (tertiary/aromatic N) is 3. The highest BCUT2D eigenvalue weighted by atomic mass is 35.5. The quantitative estimate of drug-likeness (QED) is 0.727. The van der Waals surface area contributed by atoms with Crippen molar-refractivity contribution in [1.29, 1.82) is 0 Å². The second kappa shape index (κ2) is 7.80. The SMILES string of the molecule is Cc1c(C(=O)Nc2cccc(CS(C)=O)c2)nnn1-c1ccccc1Cl. The minimum Gasteiger partial charge on any atom is -0.321 e. The highest BCUT2D eigenvalue weighted by Crippen LogP contribution is 2.21. The number of nitrogens with one attached hydrogen (secondary N) is 1. The van der Waals surface area contributed by atoms with Gasteiger partial charge >= 0.3 is 0 Å². The highest BCUT2D eigenvalue weighted by molar-refractivity contribution is 7.83. The molecule has 0 aliphatic carbocycles. The van der Waals surface area contributed by atoms with Gasteiger partial charge in [0.1, 0.15) is 0 Å². The van der Waals surface area contributed by atoms with E-state index in [-0.39, 0.29) is 11.6 Å². The third kappa shape index (κ3) is 4.00. The Morgan fingerprint density at radius 2 is 2.00 bits per heavy atom. The van der Waals surface area contributed by atoms with Gasteiger partial charge < -0.3 is 5.32 Å². The molecule has 0 fully saturated rings. The monoisotopic (exact) mass is 388 g/mol. The van der Waals surface area contributed by atoms with Gasteiger partial charge in [0.2, 0.25) is 0 Å². The first kappa shape index (κ1) is 18.3. The number of halogens is 1. The summed E-state index contributed by atoms with van der Waals surface area (Å²) in [5, 5.41) is 11.4. The average molecular weight is 389 g/mol. The van der Waals surface area contributed by atoms with Crippen LogP contribution < -0.4 is 5.32 Å². The first-order valence-electron chi connectivity index (χ1n) is 7.83. The van der Waals surface area contributed by atoms with Crippen LogP contribution in [-0.4, -0.2) is 31.4 Å². The summed E-state index contributed by atoms with van der Waals surface area (Å²) >= 11 is 6.19. The van der Waals surface area contributed by atoms with Crippen LogP contribution in [0.15, 0.2) is 48.5 Å². The summed E-state index contributed by atoms with van der Waals surface area (Å²) in [6, 6.07) is 14.5. The third-order valence-electron chi connectivity index (χ3n) is 3.75. The maximum Gasteiger partial charge on any atom is 0.278 e. The summed E-state index contributed by atoms with van der Waals surface area (Å²) in [4.78, 5) is 12.6. The van der Waals surface area contributed by atoms with Gasteiger partial charge in [-0.2, -0.15) is 0 Å². The molecule has 0 saturated heterocycles. The number of carbonyl (C=O) groups is 1. The summed E-state index contributed by atoms with van der Waals surface area (Å²) in [5.74, 6) is 0.0707. The van der Waals surface area contributed by atoms with Gasteiger partial charge in [-0.25, -0.2) is 4.68 Å². The summed E-state index contributed by atoms with van der Waals surface area (Å²) in [5.41, 5.74) is 2.96. The predicted octanol–water partition coefficient (Wildman–Crippen LogP) is 3.36. The number of hydrogen-bond donors (Lipinski definition) is 1. The lowest BCUT2D eigenvalue weighted by Gasteiger charge is -2.07. The second-order valence-electron chi connectivity index (χ2n) is 5.76. The van der Waals surface area contributed by atoms with Gasteiger partial charge in [-0.1, -0.05) is 41.1 Å². The Kier molecular flexibility index (Phi) is 5.49. The lowest BCUT2D eigenvalue weighted by Crippen LogP contribution is -2.14. The van der Waals surface area contributed by atoms with Crippen LogP contribution in [0, 0.1) is 6.92 Å². The van der Waals surface area contributed by atoms with Crippen LogP contribution in [0.4, 0.5) is 5.69 Å². The molecule has 1 heterocycles. The van der Waals surface area contributed by atoms with Crippen LogP contribution >= 0.6 is 11.6 Å². The summed E-state index contributed by atoms with van der Waals surface area (Å²) in [6.07, 6.45) is 1.64. The molecule has 1 atom stereocenters. The Morgan fingerprint density at radius 1 is 1.23 bits per heavy atom. The van der Waals surface area contributed by atoms with E-state index in [4.69, 9.17) is 11.6 Å². The van der Waals surface area contributed by atoms with Crippen molar-refractivity contribution in [2.24, 2.45) is 0 Å². The van der Waals surface area contributed by atoms with Crippen molar-refractivity contribution in [3.63, 3.8) is 0 Å². The first-order valence-corrected chi connectivity index (χ1v) is 9.93. The zero-order valence-corrected chi connectivity index (χ0v) is 15.8. The number of rotatable bonds is 5. The molecule has 0 spiro atoms. The molecule has 0 radical (unpaired) electrons. The van der Waals surface area contributed by atoms with Crippen LogP contribution in [0.5, 0.6) is 0 Å². The van der Waals surface area contributed by atoms with Gasteiger partial charge in [0.05, 0.1) is 16.4 Å². The van der Waals surface area contributed by atoms with Gasteiger partial charge in [0.25, 0.3) is 5.91 Å². The number of para-hydroxylation sites is 1. The van der Waals surface area contributed by atoms with Crippen LogP contribution in [-0.2, 0) is 16.6 Å². The fourth-order valence-electron chi connectivity index (χ4n) is 2.56. The summed E-state index contributed by atoms with van der Waals surface area (Å²) < 4.78 is 12.9. The van der Waals surface area contributed by atoms with Crippen molar-refractivity contribution in [3.8, 4) is 5.69 Å². The molecule has 6 nitrogen and oxygen atoms in total. The molecule has 3 rings (SSSR count). The Bertz CT molecular complexity index is 987. The summed E-state index contributed by atoms with van der Waals surface area (Å²) in [6.45, 7) is 1.76. The average Bonchev–Trinajstić information content (AvgIpc) is 2.96. The fraction of sp³-hybridized carbons (Fsp3) is 0.167. The lowest BCUT2D eigenvalue weighted by molar-refractivity contribution is 0.102. The number of amides is 1. The number of benzene rings is 2.